The number of halogens is 1. The summed E-state index contributed by atoms with van der Waals surface area (Å²) >= 11 is 0. The molecule has 0 spiro atoms. The fourth-order valence-corrected chi connectivity index (χ4v) is 3.09. The second-order valence-corrected chi connectivity index (χ2v) is 7.55. The van der Waals surface area contributed by atoms with Crippen molar-refractivity contribution in [3.8, 4) is 11.5 Å². The zero-order chi connectivity index (χ0) is 18.7. The number of nitrogens with one attached hydrogen (secondary N) is 1. The molecule has 1 atom stereocenters. The Morgan fingerprint density at radius 2 is 2.07 bits per heavy atom. The minimum absolute atomic E-state index is 0. The van der Waals surface area contributed by atoms with E-state index >= 15 is 0 Å². The third kappa shape index (κ3) is 5.63. The molecule has 1 unspecified atom stereocenters. The summed E-state index contributed by atoms with van der Waals surface area (Å²) in [6.45, 7) is 7.97. The van der Waals surface area contributed by atoms with E-state index < -0.39 is 5.60 Å². The maximum atomic E-state index is 12.3. The van der Waals surface area contributed by atoms with Crippen molar-refractivity contribution in [1.82, 2.24) is 10.2 Å². The molecular formula is C19H28IN3O4. The molecule has 1 aromatic rings. The normalized spacial score (nSPS) is 18.9. The number of fused-ring (bicyclic) bond motifs is 1. The Kier molecular flexibility index (Phi) is 7.19. The van der Waals surface area contributed by atoms with Crippen LogP contribution in [0.25, 0.3) is 0 Å². The molecule has 8 heteroatoms. The number of hydrogen-bond donors (Lipinski definition) is 1. The molecule has 0 aromatic heterocycles. The second kappa shape index (κ2) is 8.99. The highest BCUT2D eigenvalue weighted by atomic mass is 127. The van der Waals surface area contributed by atoms with Crippen molar-refractivity contribution in [2.75, 3.05) is 26.9 Å². The molecule has 1 N–H and O–H groups in total. The smallest absolute Gasteiger partial charge is 0.311 e. The van der Waals surface area contributed by atoms with E-state index in [2.05, 4.69) is 15.2 Å². The highest BCUT2D eigenvalue weighted by molar-refractivity contribution is 14.0. The number of hydrogen-bond acceptors (Lipinski definition) is 5. The summed E-state index contributed by atoms with van der Waals surface area (Å²) in [7, 11) is 1.75. The van der Waals surface area contributed by atoms with Crippen LogP contribution in [0.4, 0.5) is 0 Å². The van der Waals surface area contributed by atoms with Crippen LogP contribution in [-0.4, -0.2) is 49.4 Å². The zero-order valence-electron chi connectivity index (χ0n) is 16.3. The van der Waals surface area contributed by atoms with Gasteiger partial charge in [0, 0.05) is 26.7 Å². The Morgan fingerprint density at radius 3 is 2.78 bits per heavy atom. The lowest BCUT2D eigenvalue weighted by molar-refractivity contribution is -0.159. The molecule has 0 saturated carbocycles. The van der Waals surface area contributed by atoms with Crippen LogP contribution in [0.1, 0.15) is 32.8 Å². The van der Waals surface area contributed by atoms with Gasteiger partial charge in [0.25, 0.3) is 0 Å². The molecule has 2 aliphatic heterocycles. The molecule has 1 aromatic carbocycles. The van der Waals surface area contributed by atoms with E-state index in [0.29, 0.717) is 13.1 Å². The lowest BCUT2D eigenvalue weighted by Crippen LogP contribution is -2.40. The summed E-state index contributed by atoms with van der Waals surface area (Å²) in [6, 6.07) is 5.88. The molecule has 7 nitrogen and oxygen atoms in total. The third-order valence-electron chi connectivity index (χ3n) is 4.33. The van der Waals surface area contributed by atoms with Crippen LogP contribution in [0.2, 0.25) is 0 Å². The molecule has 150 valence electrons. The Hall–Kier alpha value is -1.71. The first-order chi connectivity index (χ1) is 12.4. The molecule has 1 saturated heterocycles. The van der Waals surface area contributed by atoms with Gasteiger partial charge in [-0.1, -0.05) is 6.07 Å². The monoisotopic (exact) mass is 489 g/mol. The number of nitrogens with zero attached hydrogens (tertiary/aromatic N) is 2. The van der Waals surface area contributed by atoms with E-state index in [0.717, 1.165) is 36.0 Å². The Labute approximate surface area is 177 Å². The van der Waals surface area contributed by atoms with Crippen molar-refractivity contribution < 1.29 is 19.0 Å². The van der Waals surface area contributed by atoms with Gasteiger partial charge in [0.1, 0.15) is 5.60 Å². The van der Waals surface area contributed by atoms with E-state index in [-0.39, 0.29) is 42.7 Å². The average Bonchev–Trinajstić information content (AvgIpc) is 3.22. The Morgan fingerprint density at radius 1 is 1.33 bits per heavy atom. The van der Waals surface area contributed by atoms with E-state index in [1.54, 1.807) is 7.05 Å². The van der Waals surface area contributed by atoms with Gasteiger partial charge < -0.3 is 24.4 Å². The number of ether oxygens (including phenoxy) is 3. The van der Waals surface area contributed by atoms with Crippen LogP contribution in [0.15, 0.2) is 23.2 Å². The van der Waals surface area contributed by atoms with E-state index in [4.69, 9.17) is 14.2 Å². The fraction of sp³-hybridized carbons (Fsp3) is 0.579. The SMILES string of the molecule is CN=C(NCc1ccc2c(c1)OCO2)N1CCC(C(=O)OC(C)(C)C)C1.I. The molecule has 0 amide bonds. The van der Waals surface area contributed by atoms with Crippen LogP contribution in [-0.2, 0) is 16.1 Å². The van der Waals surface area contributed by atoms with Gasteiger partial charge in [0.15, 0.2) is 17.5 Å². The highest BCUT2D eigenvalue weighted by Gasteiger charge is 2.33. The van der Waals surface area contributed by atoms with Crippen LogP contribution >= 0.6 is 24.0 Å². The number of esters is 1. The minimum atomic E-state index is -0.455. The average molecular weight is 489 g/mol. The first-order valence-electron chi connectivity index (χ1n) is 8.93. The van der Waals surface area contributed by atoms with Gasteiger partial charge >= 0.3 is 5.97 Å². The van der Waals surface area contributed by atoms with Crippen molar-refractivity contribution in [1.29, 1.82) is 0 Å². The van der Waals surface area contributed by atoms with Gasteiger partial charge in [0.05, 0.1) is 5.92 Å². The number of likely N-dealkylation sites (tertiary alicyclic amines) is 1. The topological polar surface area (TPSA) is 72.4 Å². The zero-order valence-corrected chi connectivity index (χ0v) is 18.6. The van der Waals surface area contributed by atoms with Crippen molar-refractivity contribution in [3.05, 3.63) is 23.8 Å². The quantitative estimate of drug-likeness (QED) is 0.305. The van der Waals surface area contributed by atoms with Crippen molar-refractivity contribution in [3.63, 3.8) is 0 Å². The summed E-state index contributed by atoms with van der Waals surface area (Å²) in [5.74, 6) is 2.08. The predicted molar refractivity (Wildman–Crippen MR) is 114 cm³/mol. The molecule has 0 aliphatic carbocycles. The lowest BCUT2D eigenvalue weighted by Gasteiger charge is -2.23. The fourth-order valence-electron chi connectivity index (χ4n) is 3.09. The summed E-state index contributed by atoms with van der Waals surface area (Å²) in [4.78, 5) is 18.7. The second-order valence-electron chi connectivity index (χ2n) is 7.55. The predicted octanol–water partition coefficient (Wildman–Crippen LogP) is 2.77. The summed E-state index contributed by atoms with van der Waals surface area (Å²) in [5.41, 5.74) is 0.627. The molecule has 2 heterocycles. The molecule has 1 fully saturated rings. The lowest BCUT2D eigenvalue weighted by atomic mass is 10.1. The molecule has 0 radical (unpaired) electrons. The molecular weight excluding hydrogens is 461 g/mol. The minimum Gasteiger partial charge on any atom is -0.460 e. The summed E-state index contributed by atoms with van der Waals surface area (Å²) in [5, 5.41) is 3.35. The summed E-state index contributed by atoms with van der Waals surface area (Å²) in [6.07, 6.45) is 0.777. The summed E-state index contributed by atoms with van der Waals surface area (Å²) < 4.78 is 16.2. The number of guanidine groups is 1. The van der Waals surface area contributed by atoms with Gasteiger partial charge in [-0.15, -0.1) is 24.0 Å². The van der Waals surface area contributed by atoms with Crippen LogP contribution in [0, 0.1) is 5.92 Å². The van der Waals surface area contributed by atoms with Gasteiger partial charge in [-0.25, -0.2) is 0 Å². The highest BCUT2D eigenvalue weighted by Crippen LogP contribution is 2.32. The maximum absolute atomic E-state index is 12.3. The third-order valence-corrected chi connectivity index (χ3v) is 4.33. The molecule has 2 aliphatic rings. The Balaban J connectivity index is 0.00000261. The van der Waals surface area contributed by atoms with E-state index in [9.17, 15) is 4.79 Å². The number of benzene rings is 1. The number of carbonyl (C=O) groups excluding carboxylic acids is 1. The molecule has 27 heavy (non-hydrogen) atoms. The van der Waals surface area contributed by atoms with Crippen LogP contribution in [0.3, 0.4) is 0 Å². The number of rotatable bonds is 3. The van der Waals surface area contributed by atoms with E-state index in [1.807, 2.05) is 39.0 Å². The largest absolute Gasteiger partial charge is 0.460 e. The number of aliphatic imine (C=N–C) groups is 1. The van der Waals surface area contributed by atoms with Gasteiger partial charge in [-0.2, -0.15) is 0 Å². The van der Waals surface area contributed by atoms with Crippen molar-refractivity contribution >= 4 is 35.9 Å². The standard InChI is InChI=1S/C19H27N3O4.HI/c1-19(2,3)26-17(23)14-7-8-22(11-14)18(20-4)21-10-13-5-6-15-16(9-13)25-12-24-15;/h5-6,9,14H,7-8,10-12H2,1-4H3,(H,20,21);1H. The first kappa shape index (κ1) is 21.6. The molecule has 0 bridgehead atoms. The Bertz CT molecular complexity index is 703. The van der Waals surface area contributed by atoms with Gasteiger partial charge in [0.2, 0.25) is 6.79 Å². The van der Waals surface area contributed by atoms with E-state index in [1.165, 1.54) is 0 Å². The van der Waals surface area contributed by atoms with Crippen LogP contribution in [0.5, 0.6) is 11.5 Å². The van der Waals surface area contributed by atoms with Crippen molar-refractivity contribution in [2.24, 2.45) is 10.9 Å². The number of carbonyl (C=O) groups is 1. The van der Waals surface area contributed by atoms with Crippen LogP contribution < -0.4 is 14.8 Å². The first-order valence-corrected chi connectivity index (χ1v) is 8.93. The van der Waals surface area contributed by atoms with Gasteiger partial charge in [-0.3, -0.25) is 9.79 Å². The molecule has 3 rings (SSSR count). The van der Waals surface area contributed by atoms with Crippen molar-refractivity contribution in [2.45, 2.75) is 39.3 Å². The van der Waals surface area contributed by atoms with Gasteiger partial charge in [-0.05, 0) is 44.9 Å². The maximum Gasteiger partial charge on any atom is 0.311 e.